The van der Waals surface area contributed by atoms with Gasteiger partial charge in [-0.15, -0.1) is 0 Å². The maximum absolute atomic E-state index is 12.1. The van der Waals surface area contributed by atoms with Crippen LogP contribution in [0.4, 0.5) is 0 Å². The molecule has 0 spiro atoms. The fraction of sp³-hybridized carbons (Fsp3) is 0.294. The number of hydrogen-bond donors (Lipinski definition) is 1. The zero-order valence-electron chi connectivity index (χ0n) is 13.1. The second kappa shape index (κ2) is 7.79. The Hall–Kier alpha value is -2.59. The molecule has 0 aliphatic carbocycles. The van der Waals surface area contributed by atoms with Crippen LogP contribution in [0.1, 0.15) is 12.0 Å². The van der Waals surface area contributed by atoms with Gasteiger partial charge in [0.1, 0.15) is 24.0 Å². The molecule has 2 rings (SSSR count). The van der Waals surface area contributed by atoms with Crippen LogP contribution in [-0.4, -0.2) is 38.5 Å². The molecule has 0 unspecified atom stereocenters. The first-order chi connectivity index (χ1) is 11.4. The lowest BCUT2D eigenvalue weighted by Crippen LogP contribution is -2.36. The molecule has 1 N–H and O–H groups in total. The standard InChI is InChI=1S/C17H18N2O4S/c1-2-8-23-16-5-3-13(4-6-16)10-14(11-18)17(20)19-15-7-9-24(21,22)12-15/h2-6,10,15H,1,7-9,12H2,(H,19,20)/b14-10+/t15-/m1/s1. The predicted octanol–water partition coefficient (Wildman–Crippen LogP) is 1.46. The van der Waals surface area contributed by atoms with Crippen LogP contribution >= 0.6 is 0 Å². The molecule has 126 valence electrons. The fourth-order valence-electron chi connectivity index (χ4n) is 2.30. The average Bonchev–Trinajstić information content (AvgIpc) is 2.90. The number of nitriles is 1. The minimum absolute atomic E-state index is 0.0652. The molecule has 1 atom stereocenters. The van der Waals surface area contributed by atoms with E-state index in [1.807, 2.05) is 6.07 Å². The maximum Gasteiger partial charge on any atom is 0.262 e. The van der Waals surface area contributed by atoms with E-state index in [1.165, 1.54) is 6.08 Å². The Morgan fingerprint density at radius 1 is 1.42 bits per heavy atom. The Kier molecular flexibility index (Phi) is 5.77. The van der Waals surface area contributed by atoms with E-state index >= 15 is 0 Å². The summed E-state index contributed by atoms with van der Waals surface area (Å²) in [7, 11) is -3.08. The monoisotopic (exact) mass is 346 g/mol. The van der Waals surface area contributed by atoms with Gasteiger partial charge in [0, 0.05) is 6.04 Å². The van der Waals surface area contributed by atoms with Crippen LogP contribution in [0.25, 0.3) is 6.08 Å². The first-order valence-corrected chi connectivity index (χ1v) is 9.22. The van der Waals surface area contributed by atoms with Gasteiger partial charge in [-0.25, -0.2) is 8.42 Å². The smallest absolute Gasteiger partial charge is 0.262 e. The number of nitrogens with zero attached hydrogens (tertiary/aromatic N) is 1. The summed E-state index contributed by atoms with van der Waals surface area (Å²) in [6, 6.07) is 8.32. The summed E-state index contributed by atoms with van der Waals surface area (Å²) in [6.07, 6.45) is 3.47. The van der Waals surface area contributed by atoms with Gasteiger partial charge in [-0.1, -0.05) is 24.8 Å². The minimum Gasteiger partial charge on any atom is -0.490 e. The summed E-state index contributed by atoms with van der Waals surface area (Å²) < 4.78 is 28.2. The molecule has 1 saturated heterocycles. The van der Waals surface area contributed by atoms with Crippen molar-refractivity contribution in [1.82, 2.24) is 5.32 Å². The number of sulfone groups is 1. The van der Waals surface area contributed by atoms with Crippen LogP contribution in [0, 0.1) is 11.3 Å². The van der Waals surface area contributed by atoms with Crippen LogP contribution in [-0.2, 0) is 14.6 Å². The van der Waals surface area contributed by atoms with E-state index in [4.69, 9.17) is 4.74 Å². The zero-order chi connectivity index (χ0) is 17.6. The van der Waals surface area contributed by atoms with Crippen molar-refractivity contribution in [3.05, 3.63) is 48.1 Å². The van der Waals surface area contributed by atoms with E-state index in [9.17, 15) is 18.5 Å². The van der Waals surface area contributed by atoms with Crippen molar-refractivity contribution in [2.24, 2.45) is 0 Å². The third kappa shape index (κ3) is 4.96. The van der Waals surface area contributed by atoms with E-state index in [-0.39, 0.29) is 17.1 Å². The number of hydrogen-bond acceptors (Lipinski definition) is 5. The zero-order valence-corrected chi connectivity index (χ0v) is 13.9. The quantitative estimate of drug-likeness (QED) is 0.478. The molecule has 1 heterocycles. The molecule has 1 aromatic carbocycles. The van der Waals surface area contributed by atoms with Crippen molar-refractivity contribution >= 4 is 21.8 Å². The number of benzene rings is 1. The van der Waals surface area contributed by atoms with Gasteiger partial charge in [0.05, 0.1) is 11.5 Å². The second-order valence-corrected chi connectivity index (χ2v) is 7.64. The maximum atomic E-state index is 12.1. The Morgan fingerprint density at radius 2 is 2.12 bits per heavy atom. The second-order valence-electron chi connectivity index (χ2n) is 5.41. The van der Waals surface area contributed by atoms with E-state index in [0.717, 1.165) is 0 Å². The van der Waals surface area contributed by atoms with E-state index in [1.54, 1.807) is 30.3 Å². The van der Waals surface area contributed by atoms with Crippen molar-refractivity contribution in [3.8, 4) is 11.8 Å². The molecular formula is C17H18N2O4S. The van der Waals surface area contributed by atoms with E-state index < -0.39 is 21.8 Å². The van der Waals surface area contributed by atoms with Crippen LogP contribution in [0.3, 0.4) is 0 Å². The van der Waals surface area contributed by atoms with Gasteiger partial charge < -0.3 is 10.1 Å². The molecule has 7 heteroatoms. The summed E-state index contributed by atoms with van der Waals surface area (Å²) in [6.45, 7) is 3.96. The number of amides is 1. The molecule has 1 amide bonds. The molecule has 0 bridgehead atoms. The number of nitrogens with one attached hydrogen (secondary N) is 1. The summed E-state index contributed by atoms with van der Waals surface area (Å²) in [5, 5.41) is 11.8. The molecule has 1 aliphatic heterocycles. The third-order valence-corrected chi connectivity index (χ3v) is 5.26. The third-order valence-electron chi connectivity index (χ3n) is 3.49. The Balaban J connectivity index is 2.04. The molecule has 0 radical (unpaired) electrons. The van der Waals surface area contributed by atoms with Crippen molar-refractivity contribution in [2.45, 2.75) is 12.5 Å². The van der Waals surface area contributed by atoms with Crippen molar-refractivity contribution in [1.29, 1.82) is 5.26 Å². The molecule has 24 heavy (non-hydrogen) atoms. The molecule has 0 saturated carbocycles. The largest absolute Gasteiger partial charge is 0.490 e. The predicted molar refractivity (Wildman–Crippen MR) is 90.9 cm³/mol. The van der Waals surface area contributed by atoms with Gasteiger partial charge >= 0.3 is 0 Å². The minimum atomic E-state index is -3.08. The lowest BCUT2D eigenvalue weighted by atomic mass is 10.1. The number of carbonyl (C=O) groups is 1. The highest BCUT2D eigenvalue weighted by atomic mass is 32.2. The van der Waals surface area contributed by atoms with Crippen LogP contribution in [0.2, 0.25) is 0 Å². The summed E-state index contributed by atoms with van der Waals surface area (Å²) in [4.78, 5) is 12.1. The number of carbonyl (C=O) groups excluding carboxylic acids is 1. The van der Waals surface area contributed by atoms with Crippen molar-refractivity contribution in [2.75, 3.05) is 18.1 Å². The molecule has 1 aromatic rings. The first-order valence-electron chi connectivity index (χ1n) is 7.40. The number of ether oxygens (including phenoxy) is 1. The van der Waals surface area contributed by atoms with Crippen LogP contribution in [0.15, 0.2) is 42.5 Å². The van der Waals surface area contributed by atoms with E-state index in [2.05, 4.69) is 11.9 Å². The molecule has 0 aromatic heterocycles. The highest BCUT2D eigenvalue weighted by Crippen LogP contribution is 2.16. The fourth-order valence-corrected chi connectivity index (χ4v) is 3.98. The number of rotatable bonds is 6. The van der Waals surface area contributed by atoms with Crippen LogP contribution in [0.5, 0.6) is 5.75 Å². The highest BCUT2D eigenvalue weighted by Gasteiger charge is 2.29. The average molecular weight is 346 g/mol. The summed E-state index contributed by atoms with van der Waals surface area (Å²) in [5.74, 6) is 0.0837. The lowest BCUT2D eigenvalue weighted by molar-refractivity contribution is -0.117. The molecular weight excluding hydrogens is 328 g/mol. The molecule has 1 aliphatic rings. The van der Waals surface area contributed by atoms with Gasteiger partial charge in [0.2, 0.25) is 0 Å². The Labute approximate surface area is 141 Å². The summed E-state index contributed by atoms with van der Waals surface area (Å²) >= 11 is 0. The first kappa shape index (κ1) is 17.8. The summed E-state index contributed by atoms with van der Waals surface area (Å²) in [5.41, 5.74) is 0.603. The van der Waals surface area contributed by atoms with E-state index in [0.29, 0.717) is 24.3 Å². The molecule has 1 fully saturated rings. The normalized spacial score (nSPS) is 19.3. The van der Waals surface area contributed by atoms with Crippen molar-refractivity contribution < 1.29 is 17.9 Å². The molecule has 6 nitrogen and oxygen atoms in total. The Bertz CT molecular complexity index is 789. The van der Waals surface area contributed by atoms with Crippen LogP contribution < -0.4 is 10.1 Å². The Morgan fingerprint density at radius 3 is 2.67 bits per heavy atom. The highest BCUT2D eigenvalue weighted by molar-refractivity contribution is 7.91. The SMILES string of the molecule is C=CCOc1ccc(/C=C(\C#N)C(=O)N[C@@H]2CCS(=O)(=O)C2)cc1. The van der Waals surface area contributed by atoms with Gasteiger partial charge in [-0.3, -0.25) is 4.79 Å². The van der Waals surface area contributed by atoms with Gasteiger partial charge in [-0.05, 0) is 30.2 Å². The lowest BCUT2D eigenvalue weighted by Gasteiger charge is -2.10. The van der Waals surface area contributed by atoms with Gasteiger partial charge in [0.15, 0.2) is 9.84 Å². The van der Waals surface area contributed by atoms with Gasteiger partial charge in [-0.2, -0.15) is 5.26 Å². The van der Waals surface area contributed by atoms with Crippen molar-refractivity contribution in [3.63, 3.8) is 0 Å². The topological polar surface area (TPSA) is 96.3 Å². The van der Waals surface area contributed by atoms with Gasteiger partial charge in [0.25, 0.3) is 5.91 Å².